The largest absolute Gasteiger partial charge is 0.453 e. The molecule has 4 nitrogen and oxygen atoms in total. The van der Waals surface area contributed by atoms with E-state index < -0.39 is 5.82 Å². The molecular formula is C24H21FN2O2. The summed E-state index contributed by atoms with van der Waals surface area (Å²) in [5, 5.41) is 2.96. The molecule has 0 aliphatic heterocycles. The van der Waals surface area contributed by atoms with E-state index in [0.29, 0.717) is 17.9 Å². The van der Waals surface area contributed by atoms with Crippen molar-refractivity contribution in [2.75, 3.05) is 6.54 Å². The summed E-state index contributed by atoms with van der Waals surface area (Å²) in [6.45, 7) is 0.604. The van der Waals surface area contributed by atoms with Crippen molar-refractivity contribution < 1.29 is 13.9 Å². The van der Waals surface area contributed by atoms with Crippen LogP contribution in [-0.4, -0.2) is 17.4 Å². The Morgan fingerprint density at radius 1 is 1.14 bits per heavy atom. The fraction of sp³-hybridized carbons (Fsp3) is 0.167. The standard InChI is InChI=1S/C24H21FN2O2/c25-21-15-18(8-10-22(21)29-20-7-4-14-26-16-20)9-11-23(28)27-17-24(12-13-24)19-5-2-1-3-6-19/h1-11,14-16H,12-13,17H2,(H,27,28)/b11-9+. The monoisotopic (exact) mass is 388 g/mol. The molecular weight excluding hydrogens is 367 g/mol. The molecule has 0 unspecified atom stereocenters. The Morgan fingerprint density at radius 3 is 2.66 bits per heavy atom. The predicted octanol–water partition coefficient (Wildman–Crippen LogP) is 4.87. The fourth-order valence-corrected chi connectivity index (χ4v) is 3.24. The van der Waals surface area contributed by atoms with Crippen LogP contribution in [0.2, 0.25) is 0 Å². The third-order valence-electron chi connectivity index (χ3n) is 5.09. The number of benzene rings is 2. The molecule has 1 N–H and O–H groups in total. The van der Waals surface area contributed by atoms with E-state index in [1.807, 2.05) is 18.2 Å². The minimum atomic E-state index is -0.502. The Hall–Kier alpha value is -3.47. The van der Waals surface area contributed by atoms with Gasteiger partial charge in [0.2, 0.25) is 5.91 Å². The number of halogens is 1. The van der Waals surface area contributed by atoms with E-state index >= 15 is 0 Å². The van der Waals surface area contributed by atoms with Crippen LogP contribution in [0.4, 0.5) is 4.39 Å². The number of amides is 1. The summed E-state index contributed by atoms with van der Waals surface area (Å²) in [7, 11) is 0. The summed E-state index contributed by atoms with van der Waals surface area (Å²) in [5.74, 6) is -0.125. The van der Waals surface area contributed by atoms with Crippen LogP contribution in [0.3, 0.4) is 0 Å². The topological polar surface area (TPSA) is 51.2 Å². The first-order chi connectivity index (χ1) is 14.1. The molecule has 0 bridgehead atoms. The maximum Gasteiger partial charge on any atom is 0.244 e. The predicted molar refractivity (Wildman–Crippen MR) is 110 cm³/mol. The summed E-state index contributed by atoms with van der Waals surface area (Å²) in [6.07, 6.45) is 8.30. The van der Waals surface area contributed by atoms with Crippen LogP contribution < -0.4 is 10.1 Å². The van der Waals surface area contributed by atoms with Crippen LogP contribution >= 0.6 is 0 Å². The van der Waals surface area contributed by atoms with E-state index in [1.54, 1.807) is 30.5 Å². The molecule has 5 heteroatoms. The van der Waals surface area contributed by atoms with Crippen LogP contribution in [0.5, 0.6) is 11.5 Å². The lowest BCUT2D eigenvalue weighted by Gasteiger charge is -2.15. The van der Waals surface area contributed by atoms with Gasteiger partial charge in [-0.3, -0.25) is 9.78 Å². The molecule has 0 atom stereocenters. The molecule has 1 fully saturated rings. The summed E-state index contributed by atoms with van der Waals surface area (Å²) in [6, 6.07) is 18.2. The van der Waals surface area contributed by atoms with Gasteiger partial charge in [0.25, 0.3) is 0 Å². The van der Waals surface area contributed by atoms with E-state index in [2.05, 4.69) is 22.4 Å². The first-order valence-electron chi connectivity index (χ1n) is 9.54. The Kier molecular flexibility index (Phi) is 5.38. The third kappa shape index (κ3) is 4.69. The number of nitrogens with zero attached hydrogens (tertiary/aromatic N) is 1. The smallest absolute Gasteiger partial charge is 0.244 e. The van der Waals surface area contributed by atoms with Crippen molar-refractivity contribution in [1.82, 2.24) is 10.3 Å². The Balaban J connectivity index is 1.34. The van der Waals surface area contributed by atoms with Crippen LogP contribution in [-0.2, 0) is 10.2 Å². The van der Waals surface area contributed by atoms with E-state index in [0.717, 1.165) is 12.8 Å². The van der Waals surface area contributed by atoms with Gasteiger partial charge >= 0.3 is 0 Å². The highest BCUT2D eigenvalue weighted by molar-refractivity contribution is 5.91. The lowest BCUT2D eigenvalue weighted by molar-refractivity contribution is -0.116. The maximum absolute atomic E-state index is 14.3. The van der Waals surface area contributed by atoms with Gasteiger partial charge < -0.3 is 10.1 Å². The second-order valence-electron chi connectivity index (χ2n) is 7.18. The summed E-state index contributed by atoms with van der Waals surface area (Å²) in [4.78, 5) is 16.1. The van der Waals surface area contributed by atoms with Gasteiger partial charge in [-0.25, -0.2) is 4.39 Å². The SMILES string of the molecule is O=C(/C=C/c1ccc(Oc2cccnc2)c(F)c1)NCC1(c2ccccc2)CC1. The van der Waals surface area contributed by atoms with Crippen LogP contribution in [0.15, 0.2) is 79.1 Å². The van der Waals surface area contributed by atoms with E-state index in [-0.39, 0.29) is 17.1 Å². The molecule has 2 aromatic carbocycles. The highest BCUT2D eigenvalue weighted by atomic mass is 19.1. The Bertz CT molecular complexity index is 1020. The number of pyridine rings is 1. The normalized spacial score (nSPS) is 14.5. The number of nitrogens with one attached hydrogen (secondary N) is 1. The van der Waals surface area contributed by atoms with Gasteiger partial charge in [-0.2, -0.15) is 0 Å². The molecule has 0 saturated heterocycles. The van der Waals surface area contributed by atoms with Gasteiger partial charge in [0, 0.05) is 24.2 Å². The Labute approximate surface area is 169 Å². The molecule has 1 aromatic heterocycles. The zero-order valence-corrected chi connectivity index (χ0v) is 15.8. The minimum Gasteiger partial charge on any atom is -0.453 e. The van der Waals surface area contributed by atoms with E-state index in [9.17, 15) is 9.18 Å². The molecule has 1 heterocycles. The van der Waals surface area contributed by atoms with Crippen molar-refractivity contribution in [3.63, 3.8) is 0 Å². The second-order valence-corrected chi connectivity index (χ2v) is 7.18. The van der Waals surface area contributed by atoms with Gasteiger partial charge in [0.05, 0.1) is 6.20 Å². The van der Waals surface area contributed by atoms with Gasteiger partial charge in [-0.1, -0.05) is 36.4 Å². The molecule has 1 aliphatic rings. The van der Waals surface area contributed by atoms with Gasteiger partial charge in [-0.05, 0) is 54.3 Å². The molecule has 4 rings (SSSR count). The third-order valence-corrected chi connectivity index (χ3v) is 5.09. The number of carbonyl (C=O) groups excluding carboxylic acids is 1. The average molecular weight is 388 g/mol. The molecule has 0 spiro atoms. The van der Waals surface area contributed by atoms with Crippen molar-refractivity contribution in [2.45, 2.75) is 18.3 Å². The van der Waals surface area contributed by atoms with E-state index in [1.165, 1.54) is 30.0 Å². The van der Waals surface area contributed by atoms with Crippen molar-refractivity contribution in [2.24, 2.45) is 0 Å². The molecule has 0 radical (unpaired) electrons. The fourth-order valence-electron chi connectivity index (χ4n) is 3.24. The highest BCUT2D eigenvalue weighted by Crippen LogP contribution is 2.47. The minimum absolute atomic E-state index is 0.0577. The van der Waals surface area contributed by atoms with Crippen molar-refractivity contribution >= 4 is 12.0 Å². The Morgan fingerprint density at radius 2 is 1.97 bits per heavy atom. The van der Waals surface area contributed by atoms with Crippen LogP contribution in [0.1, 0.15) is 24.0 Å². The number of hydrogen-bond donors (Lipinski definition) is 1. The van der Waals surface area contributed by atoms with Crippen molar-refractivity contribution in [3.8, 4) is 11.5 Å². The molecule has 29 heavy (non-hydrogen) atoms. The molecule has 1 saturated carbocycles. The summed E-state index contributed by atoms with van der Waals surface area (Å²) >= 11 is 0. The second kappa shape index (κ2) is 8.27. The van der Waals surface area contributed by atoms with Gasteiger partial charge in [0.15, 0.2) is 11.6 Å². The zero-order chi connectivity index (χ0) is 20.1. The summed E-state index contributed by atoms with van der Waals surface area (Å²) < 4.78 is 19.8. The lowest BCUT2D eigenvalue weighted by Crippen LogP contribution is -2.30. The first-order valence-corrected chi connectivity index (χ1v) is 9.54. The van der Waals surface area contributed by atoms with Gasteiger partial charge in [-0.15, -0.1) is 0 Å². The van der Waals surface area contributed by atoms with Crippen LogP contribution in [0, 0.1) is 5.82 Å². The zero-order valence-electron chi connectivity index (χ0n) is 15.8. The number of ether oxygens (including phenoxy) is 1. The first kappa shape index (κ1) is 18.9. The maximum atomic E-state index is 14.3. The summed E-state index contributed by atoms with van der Waals surface area (Å²) in [5.41, 5.74) is 1.90. The van der Waals surface area contributed by atoms with Gasteiger partial charge in [0.1, 0.15) is 5.75 Å². The molecule has 146 valence electrons. The van der Waals surface area contributed by atoms with Crippen LogP contribution in [0.25, 0.3) is 6.08 Å². The number of rotatable bonds is 7. The average Bonchev–Trinajstić information content (AvgIpc) is 3.55. The lowest BCUT2D eigenvalue weighted by atomic mass is 9.96. The van der Waals surface area contributed by atoms with Crippen molar-refractivity contribution in [3.05, 3.63) is 96.1 Å². The molecule has 1 amide bonds. The number of aromatic nitrogens is 1. The van der Waals surface area contributed by atoms with Crippen molar-refractivity contribution in [1.29, 1.82) is 0 Å². The highest BCUT2D eigenvalue weighted by Gasteiger charge is 2.44. The number of hydrogen-bond acceptors (Lipinski definition) is 3. The molecule has 1 aliphatic carbocycles. The quantitative estimate of drug-likeness (QED) is 0.587. The van der Waals surface area contributed by atoms with E-state index in [4.69, 9.17) is 4.74 Å². The number of carbonyl (C=O) groups is 1. The molecule has 3 aromatic rings.